The Hall–Kier alpha value is -1.95. The van der Waals surface area contributed by atoms with Gasteiger partial charge in [0.1, 0.15) is 11.6 Å². The van der Waals surface area contributed by atoms with Crippen LogP contribution in [0.5, 0.6) is 0 Å². The van der Waals surface area contributed by atoms with Crippen LogP contribution in [0.2, 0.25) is 0 Å². The normalized spacial score (nSPS) is 10.2. The first kappa shape index (κ1) is 13.5. The summed E-state index contributed by atoms with van der Waals surface area (Å²) in [5.74, 6) is 0.550. The molecule has 0 saturated heterocycles. The lowest BCUT2D eigenvalue weighted by Gasteiger charge is -2.07. The molecule has 0 aliphatic rings. The number of aryl methyl sites for hydroxylation is 1. The van der Waals surface area contributed by atoms with Crippen molar-refractivity contribution in [3.63, 3.8) is 0 Å². The number of nitrogen functional groups attached to an aromatic ring is 1. The van der Waals surface area contributed by atoms with Crippen molar-refractivity contribution in [2.75, 3.05) is 11.1 Å². The molecule has 98 valence electrons. The van der Waals surface area contributed by atoms with Crippen molar-refractivity contribution >= 4 is 33.5 Å². The minimum Gasteiger partial charge on any atom is -0.384 e. The predicted molar refractivity (Wildman–Crippen MR) is 77.9 cm³/mol. The molecule has 0 atom stereocenters. The number of halogens is 1. The van der Waals surface area contributed by atoms with E-state index in [0.717, 1.165) is 16.6 Å². The molecule has 2 rings (SSSR count). The van der Waals surface area contributed by atoms with Gasteiger partial charge in [0.2, 0.25) is 0 Å². The molecule has 0 saturated carbocycles. The minimum atomic E-state index is -0.261. The number of hydrogen-bond donors (Lipinski definition) is 2. The largest absolute Gasteiger partial charge is 0.384 e. The van der Waals surface area contributed by atoms with Gasteiger partial charge in [-0.05, 0) is 46.6 Å². The van der Waals surface area contributed by atoms with Crippen molar-refractivity contribution in [3.05, 3.63) is 46.2 Å². The average molecular weight is 321 g/mol. The van der Waals surface area contributed by atoms with E-state index in [1.54, 1.807) is 30.5 Å². The van der Waals surface area contributed by atoms with Crippen LogP contribution in [-0.4, -0.2) is 15.9 Å². The SMILES string of the molecule is CCc1cc(C(=O)Nc2ncccc2Br)cc(N)n1. The van der Waals surface area contributed by atoms with E-state index in [0.29, 0.717) is 17.2 Å². The van der Waals surface area contributed by atoms with Gasteiger partial charge in [-0.1, -0.05) is 6.92 Å². The van der Waals surface area contributed by atoms with E-state index in [1.165, 1.54) is 0 Å². The molecule has 5 nitrogen and oxygen atoms in total. The Bertz CT molecular complexity index is 615. The molecule has 3 N–H and O–H groups in total. The standard InChI is InChI=1S/C13H13BrN4O/c1-2-9-6-8(7-11(15)17-9)13(19)18-12-10(14)4-3-5-16-12/h3-7H,2H2,1H3,(H2,15,17)(H,16,18,19). The monoisotopic (exact) mass is 320 g/mol. The predicted octanol–water partition coefficient (Wildman–Crippen LogP) is 2.64. The Morgan fingerprint density at radius 2 is 2.26 bits per heavy atom. The van der Waals surface area contributed by atoms with Crippen molar-refractivity contribution in [3.8, 4) is 0 Å². The van der Waals surface area contributed by atoms with Crippen molar-refractivity contribution in [2.45, 2.75) is 13.3 Å². The fourth-order valence-corrected chi connectivity index (χ4v) is 1.93. The minimum absolute atomic E-state index is 0.261. The van der Waals surface area contributed by atoms with Crippen LogP contribution in [0.1, 0.15) is 23.0 Å². The van der Waals surface area contributed by atoms with Gasteiger partial charge in [-0.25, -0.2) is 9.97 Å². The third-order valence-corrected chi connectivity index (χ3v) is 3.15. The fourth-order valence-electron chi connectivity index (χ4n) is 1.58. The van der Waals surface area contributed by atoms with Gasteiger partial charge in [-0.15, -0.1) is 0 Å². The Morgan fingerprint density at radius 3 is 2.95 bits per heavy atom. The molecule has 0 radical (unpaired) electrons. The van der Waals surface area contributed by atoms with Gasteiger partial charge in [0, 0.05) is 17.5 Å². The highest BCUT2D eigenvalue weighted by molar-refractivity contribution is 9.10. The zero-order valence-corrected chi connectivity index (χ0v) is 11.9. The van der Waals surface area contributed by atoms with E-state index < -0.39 is 0 Å². The lowest BCUT2D eigenvalue weighted by molar-refractivity contribution is 0.102. The number of hydrogen-bond acceptors (Lipinski definition) is 4. The Labute approximate surface area is 119 Å². The molecular formula is C13H13BrN4O. The van der Waals surface area contributed by atoms with Gasteiger partial charge in [-0.3, -0.25) is 4.79 Å². The zero-order valence-electron chi connectivity index (χ0n) is 10.4. The molecule has 0 spiro atoms. The number of rotatable bonds is 3. The molecule has 2 aromatic heterocycles. The topological polar surface area (TPSA) is 80.9 Å². The van der Waals surface area contributed by atoms with Crippen LogP contribution in [0, 0.1) is 0 Å². The van der Waals surface area contributed by atoms with Gasteiger partial charge in [0.25, 0.3) is 5.91 Å². The lowest BCUT2D eigenvalue weighted by Crippen LogP contribution is -2.14. The Morgan fingerprint density at radius 1 is 1.47 bits per heavy atom. The molecule has 19 heavy (non-hydrogen) atoms. The smallest absolute Gasteiger partial charge is 0.257 e. The Kier molecular flexibility index (Phi) is 4.11. The average Bonchev–Trinajstić information content (AvgIpc) is 2.40. The van der Waals surface area contributed by atoms with E-state index >= 15 is 0 Å². The summed E-state index contributed by atoms with van der Waals surface area (Å²) in [6.07, 6.45) is 2.33. The maximum atomic E-state index is 12.1. The summed E-state index contributed by atoms with van der Waals surface area (Å²) in [7, 11) is 0. The molecular weight excluding hydrogens is 308 g/mol. The van der Waals surface area contributed by atoms with Crippen LogP contribution in [-0.2, 0) is 6.42 Å². The van der Waals surface area contributed by atoms with Crippen molar-refractivity contribution in [1.82, 2.24) is 9.97 Å². The van der Waals surface area contributed by atoms with Crippen LogP contribution >= 0.6 is 15.9 Å². The first-order valence-electron chi connectivity index (χ1n) is 5.78. The molecule has 2 heterocycles. The molecule has 1 amide bonds. The second kappa shape index (κ2) is 5.79. The van der Waals surface area contributed by atoms with E-state index in [9.17, 15) is 4.79 Å². The van der Waals surface area contributed by atoms with E-state index in [4.69, 9.17) is 5.73 Å². The number of amides is 1. The number of anilines is 2. The second-order valence-electron chi connectivity index (χ2n) is 3.91. The number of pyridine rings is 2. The maximum absolute atomic E-state index is 12.1. The number of nitrogens with one attached hydrogen (secondary N) is 1. The summed E-state index contributed by atoms with van der Waals surface area (Å²) in [4.78, 5) is 20.3. The highest BCUT2D eigenvalue weighted by Gasteiger charge is 2.11. The summed E-state index contributed by atoms with van der Waals surface area (Å²) < 4.78 is 0.723. The molecule has 0 aliphatic carbocycles. The second-order valence-corrected chi connectivity index (χ2v) is 4.77. The van der Waals surface area contributed by atoms with Crippen LogP contribution in [0.4, 0.5) is 11.6 Å². The zero-order chi connectivity index (χ0) is 13.8. The highest BCUT2D eigenvalue weighted by atomic mass is 79.9. The fraction of sp³-hybridized carbons (Fsp3) is 0.154. The van der Waals surface area contributed by atoms with Gasteiger partial charge in [0.15, 0.2) is 0 Å². The van der Waals surface area contributed by atoms with E-state index in [2.05, 4.69) is 31.2 Å². The van der Waals surface area contributed by atoms with E-state index in [-0.39, 0.29) is 5.91 Å². The highest BCUT2D eigenvalue weighted by Crippen LogP contribution is 2.19. The van der Waals surface area contributed by atoms with Gasteiger partial charge >= 0.3 is 0 Å². The molecule has 0 bridgehead atoms. The van der Waals surface area contributed by atoms with Gasteiger partial charge in [0.05, 0.1) is 4.47 Å². The summed E-state index contributed by atoms with van der Waals surface area (Å²) in [5.41, 5.74) is 6.94. The first-order chi connectivity index (χ1) is 9.10. The molecule has 0 aliphatic heterocycles. The molecule has 0 aromatic carbocycles. The van der Waals surface area contributed by atoms with E-state index in [1.807, 2.05) is 6.92 Å². The summed E-state index contributed by atoms with van der Waals surface area (Å²) >= 11 is 3.33. The van der Waals surface area contributed by atoms with Crippen molar-refractivity contribution in [1.29, 1.82) is 0 Å². The first-order valence-corrected chi connectivity index (χ1v) is 6.57. The maximum Gasteiger partial charge on any atom is 0.257 e. The number of carbonyl (C=O) groups is 1. The summed E-state index contributed by atoms with van der Waals surface area (Å²) in [6, 6.07) is 6.86. The molecule has 0 fully saturated rings. The van der Waals surface area contributed by atoms with Crippen LogP contribution < -0.4 is 11.1 Å². The van der Waals surface area contributed by atoms with Crippen LogP contribution in [0.3, 0.4) is 0 Å². The number of nitrogens with zero attached hydrogens (tertiary/aromatic N) is 2. The van der Waals surface area contributed by atoms with Crippen molar-refractivity contribution < 1.29 is 4.79 Å². The quantitative estimate of drug-likeness (QED) is 0.910. The molecule has 2 aromatic rings. The van der Waals surface area contributed by atoms with Crippen molar-refractivity contribution in [2.24, 2.45) is 0 Å². The van der Waals surface area contributed by atoms with Gasteiger partial charge < -0.3 is 11.1 Å². The third-order valence-electron chi connectivity index (χ3n) is 2.51. The van der Waals surface area contributed by atoms with Crippen LogP contribution in [0.15, 0.2) is 34.9 Å². The van der Waals surface area contributed by atoms with Gasteiger partial charge in [-0.2, -0.15) is 0 Å². The molecule has 0 unspecified atom stereocenters. The summed E-state index contributed by atoms with van der Waals surface area (Å²) in [5, 5.41) is 2.72. The number of nitrogens with two attached hydrogens (primary N) is 1. The molecule has 6 heteroatoms. The number of aromatic nitrogens is 2. The third kappa shape index (κ3) is 3.29. The number of carbonyl (C=O) groups excluding carboxylic acids is 1. The summed E-state index contributed by atoms with van der Waals surface area (Å²) in [6.45, 7) is 1.96. The van der Waals surface area contributed by atoms with Crippen LogP contribution in [0.25, 0.3) is 0 Å². The Balaban J connectivity index is 2.25. The lowest BCUT2D eigenvalue weighted by atomic mass is 10.2.